The maximum atomic E-state index is 11.4. The molecule has 13 heavy (non-hydrogen) atoms. The van der Waals surface area contributed by atoms with Gasteiger partial charge >= 0.3 is 0 Å². The summed E-state index contributed by atoms with van der Waals surface area (Å²) in [5, 5.41) is 0. The molecule has 72 valence electrons. The molecule has 0 aliphatic carbocycles. The number of furan rings is 1. The minimum absolute atomic E-state index is 0.316. The summed E-state index contributed by atoms with van der Waals surface area (Å²) in [4.78, 5) is 0. The second-order valence-electron chi connectivity index (χ2n) is 3.61. The standard InChI is InChI=1S/C9H13NO2S/c1-9(2,3)13(11)10-7-8-5-4-6-12-8/h4-7H,1-3H3/b10-7+/t13-/m1/s1. The largest absolute Gasteiger partial charge is 0.463 e. The molecule has 0 spiro atoms. The van der Waals surface area contributed by atoms with Gasteiger partial charge in [-0.2, -0.15) is 4.40 Å². The van der Waals surface area contributed by atoms with Crippen LogP contribution in [0.1, 0.15) is 26.5 Å². The maximum absolute atomic E-state index is 11.4. The van der Waals surface area contributed by atoms with Gasteiger partial charge in [0, 0.05) is 0 Å². The Balaban J connectivity index is 2.65. The van der Waals surface area contributed by atoms with Crippen LogP contribution in [0.3, 0.4) is 0 Å². The Kier molecular flexibility index (Phi) is 3.03. The zero-order chi connectivity index (χ0) is 9.90. The fourth-order valence-corrected chi connectivity index (χ4v) is 1.14. The first-order valence-corrected chi connectivity index (χ1v) is 5.10. The van der Waals surface area contributed by atoms with Gasteiger partial charge in [0.15, 0.2) is 0 Å². The van der Waals surface area contributed by atoms with Crippen molar-refractivity contribution in [3.8, 4) is 0 Å². The molecule has 0 saturated carbocycles. The summed E-state index contributed by atoms with van der Waals surface area (Å²) in [6.07, 6.45) is 3.04. The van der Waals surface area contributed by atoms with E-state index in [0.717, 1.165) is 0 Å². The number of hydrogen-bond donors (Lipinski definition) is 0. The minimum Gasteiger partial charge on any atom is -0.463 e. The molecule has 0 aliphatic heterocycles. The molecule has 1 atom stereocenters. The quantitative estimate of drug-likeness (QED) is 0.685. The van der Waals surface area contributed by atoms with Crippen molar-refractivity contribution in [3.63, 3.8) is 0 Å². The molecule has 0 aliphatic rings. The molecule has 0 aromatic carbocycles. The summed E-state index contributed by atoms with van der Waals surface area (Å²) in [7, 11) is -1.21. The summed E-state index contributed by atoms with van der Waals surface area (Å²) in [5.41, 5.74) is 0. The first kappa shape index (κ1) is 10.2. The Bertz CT molecular complexity index is 309. The van der Waals surface area contributed by atoms with Crippen molar-refractivity contribution >= 4 is 17.2 Å². The van der Waals surface area contributed by atoms with Crippen LogP contribution in [-0.2, 0) is 11.0 Å². The van der Waals surface area contributed by atoms with Gasteiger partial charge in [-0.3, -0.25) is 0 Å². The lowest BCUT2D eigenvalue weighted by Gasteiger charge is -2.12. The fraction of sp³-hybridized carbons (Fsp3) is 0.444. The van der Waals surface area contributed by atoms with Gasteiger partial charge in [0.2, 0.25) is 0 Å². The molecule has 0 amide bonds. The Hall–Kier alpha value is -0.900. The van der Waals surface area contributed by atoms with Crippen LogP contribution in [0.15, 0.2) is 27.2 Å². The summed E-state index contributed by atoms with van der Waals surface area (Å²) < 4.78 is 20.0. The van der Waals surface area contributed by atoms with Crippen LogP contribution < -0.4 is 0 Å². The van der Waals surface area contributed by atoms with Crippen molar-refractivity contribution in [2.45, 2.75) is 25.5 Å². The third-order valence-electron chi connectivity index (χ3n) is 1.34. The first-order chi connectivity index (χ1) is 6.00. The Labute approximate surface area is 80.5 Å². The average Bonchev–Trinajstić information content (AvgIpc) is 2.50. The van der Waals surface area contributed by atoms with Gasteiger partial charge in [0.1, 0.15) is 16.7 Å². The van der Waals surface area contributed by atoms with E-state index in [9.17, 15) is 4.21 Å². The van der Waals surface area contributed by atoms with Crippen molar-refractivity contribution < 1.29 is 8.63 Å². The van der Waals surface area contributed by atoms with Crippen molar-refractivity contribution in [3.05, 3.63) is 24.2 Å². The van der Waals surface area contributed by atoms with Crippen LogP contribution in [0.25, 0.3) is 0 Å². The van der Waals surface area contributed by atoms with Crippen LogP contribution in [0.5, 0.6) is 0 Å². The Morgan fingerprint density at radius 3 is 2.69 bits per heavy atom. The average molecular weight is 199 g/mol. The van der Waals surface area contributed by atoms with E-state index in [2.05, 4.69) is 4.40 Å². The maximum Gasteiger partial charge on any atom is 0.145 e. The number of hydrogen-bond acceptors (Lipinski definition) is 2. The van der Waals surface area contributed by atoms with E-state index >= 15 is 0 Å². The molecule has 0 bridgehead atoms. The van der Waals surface area contributed by atoms with Gasteiger partial charge in [-0.1, -0.05) is 0 Å². The molecule has 1 rings (SSSR count). The van der Waals surface area contributed by atoms with Crippen molar-refractivity contribution in [2.24, 2.45) is 4.40 Å². The third kappa shape index (κ3) is 3.14. The molecule has 0 unspecified atom stereocenters. The number of nitrogens with zero attached hydrogens (tertiary/aromatic N) is 1. The zero-order valence-electron chi connectivity index (χ0n) is 7.98. The van der Waals surface area contributed by atoms with Gasteiger partial charge in [-0.05, 0) is 32.9 Å². The SMILES string of the molecule is CC(C)(C)[S@@](=O)/N=C/c1ccco1. The highest BCUT2D eigenvalue weighted by Crippen LogP contribution is 2.12. The lowest BCUT2D eigenvalue weighted by molar-refractivity contribution is 0.560. The predicted octanol–water partition coefficient (Wildman–Crippen LogP) is 2.16. The van der Waals surface area contributed by atoms with Crippen LogP contribution in [0.2, 0.25) is 0 Å². The van der Waals surface area contributed by atoms with Gasteiger partial charge in [-0.25, -0.2) is 4.21 Å². The molecule has 3 nitrogen and oxygen atoms in total. The van der Waals surface area contributed by atoms with Gasteiger partial charge in [0.05, 0.1) is 17.2 Å². The molecule has 0 radical (unpaired) electrons. The van der Waals surface area contributed by atoms with E-state index in [1.54, 1.807) is 18.4 Å². The molecule has 1 aromatic rings. The van der Waals surface area contributed by atoms with Crippen LogP contribution in [-0.4, -0.2) is 15.2 Å². The molecule has 1 aromatic heterocycles. The van der Waals surface area contributed by atoms with Crippen LogP contribution in [0, 0.1) is 0 Å². The highest BCUT2D eigenvalue weighted by molar-refractivity contribution is 7.85. The Morgan fingerprint density at radius 2 is 2.23 bits per heavy atom. The van der Waals surface area contributed by atoms with Gasteiger partial charge in [0.25, 0.3) is 0 Å². The normalized spacial score (nSPS) is 15.0. The molecule has 0 saturated heterocycles. The monoisotopic (exact) mass is 199 g/mol. The second-order valence-corrected chi connectivity index (χ2v) is 5.55. The lowest BCUT2D eigenvalue weighted by atomic mass is 10.3. The topological polar surface area (TPSA) is 42.6 Å². The first-order valence-electron chi connectivity index (χ1n) is 4.00. The van der Waals surface area contributed by atoms with E-state index in [-0.39, 0.29) is 4.75 Å². The molecule has 4 heteroatoms. The molecular weight excluding hydrogens is 186 g/mol. The highest BCUT2D eigenvalue weighted by Gasteiger charge is 2.18. The highest BCUT2D eigenvalue weighted by atomic mass is 32.2. The van der Waals surface area contributed by atoms with Gasteiger partial charge < -0.3 is 4.42 Å². The summed E-state index contributed by atoms with van der Waals surface area (Å²) >= 11 is 0. The summed E-state index contributed by atoms with van der Waals surface area (Å²) in [6.45, 7) is 5.63. The lowest BCUT2D eigenvalue weighted by Crippen LogP contribution is -2.19. The van der Waals surface area contributed by atoms with Crippen LogP contribution >= 0.6 is 0 Å². The van der Waals surface area contributed by atoms with Crippen LogP contribution in [0.4, 0.5) is 0 Å². The van der Waals surface area contributed by atoms with E-state index < -0.39 is 11.0 Å². The second kappa shape index (κ2) is 3.87. The fourth-order valence-electron chi connectivity index (χ4n) is 0.623. The molecule has 1 heterocycles. The summed E-state index contributed by atoms with van der Waals surface area (Å²) in [6, 6.07) is 3.53. The van der Waals surface area contributed by atoms with Crippen molar-refractivity contribution in [2.75, 3.05) is 0 Å². The van der Waals surface area contributed by atoms with E-state index in [1.165, 1.54) is 6.21 Å². The van der Waals surface area contributed by atoms with E-state index in [4.69, 9.17) is 4.42 Å². The van der Waals surface area contributed by atoms with E-state index in [1.807, 2.05) is 20.8 Å². The van der Waals surface area contributed by atoms with Crippen molar-refractivity contribution in [1.29, 1.82) is 0 Å². The third-order valence-corrected chi connectivity index (χ3v) is 2.69. The molecular formula is C9H13NO2S. The molecule has 0 fully saturated rings. The smallest absolute Gasteiger partial charge is 0.145 e. The molecule has 0 N–H and O–H groups in total. The number of rotatable bonds is 2. The van der Waals surface area contributed by atoms with E-state index in [0.29, 0.717) is 5.76 Å². The summed E-state index contributed by atoms with van der Waals surface area (Å²) in [5.74, 6) is 0.623. The predicted molar refractivity (Wildman–Crippen MR) is 54.2 cm³/mol. The minimum atomic E-state index is -1.21. The Morgan fingerprint density at radius 1 is 1.54 bits per heavy atom. The van der Waals surface area contributed by atoms with Crippen molar-refractivity contribution in [1.82, 2.24) is 0 Å². The van der Waals surface area contributed by atoms with Gasteiger partial charge in [-0.15, -0.1) is 0 Å². The zero-order valence-corrected chi connectivity index (χ0v) is 8.80.